The summed E-state index contributed by atoms with van der Waals surface area (Å²) in [5.41, 5.74) is 0.986. The Balaban J connectivity index is 2.64. The van der Waals surface area contributed by atoms with Gasteiger partial charge < -0.3 is 4.74 Å². The van der Waals surface area contributed by atoms with E-state index in [0.717, 1.165) is 10.0 Å². The lowest BCUT2D eigenvalue weighted by atomic mass is 10.2. The smallest absolute Gasteiger partial charge is 0.297 e. The standard InChI is InChI=1S/C9H7BrO2/c10-9-3-1-8(2-4-9)5-6-12-7-11/h1-7H. The zero-order valence-electron chi connectivity index (χ0n) is 6.24. The maximum absolute atomic E-state index is 9.77. The van der Waals surface area contributed by atoms with E-state index >= 15 is 0 Å². The molecular weight excluding hydrogens is 220 g/mol. The molecule has 0 amide bonds. The highest BCUT2D eigenvalue weighted by Crippen LogP contribution is 2.11. The quantitative estimate of drug-likeness (QED) is 0.586. The molecule has 0 saturated heterocycles. The summed E-state index contributed by atoms with van der Waals surface area (Å²) in [5, 5.41) is 0. The summed E-state index contributed by atoms with van der Waals surface area (Å²) < 4.78 is 5.42. The molecule has 0 aliphatic carbocycles. The topological polar surface area (TPSA) is 26.3 Å². The molecular formula is C9H7BrO2. The highest BCUT2D eigenvalue weighted by molar-refractivity contribution is 9.10. The molecule has 0 aliphatic heterocycles. The second-order valence-corrected chi connectivity index (χ2v) is 3.00. The zero-order chi connectivity index (χ0) is 8.81. The van der Waals surface area contributed by atoms with Crippen molar-refractivity contribution in [2.45, 2.75) is 0 Å². The van der Waals surface area contributed by atoms with Crippen molar-refractivity contribution in [3.63, 3.8) is 0 Å². The maximum Gasteiger partial charge on any atom is 0.297 e. The Bertz CT molecular complexity index is 277. The van der Waals surface area contributed by atoms with Crippen LogP contribution in [0.2, 0.25) is 0 Å². The fourth-order valence-corrected chi connectivity index (χ4v) is 0.988. The summed E-state index contributed by atoms with van der Waals surface area (Å²) in [4.78, 5) is 9.77. The molecule has 1 rings (SSSR count). The minimum Gasteiger partial charge on any atom is -0.437 e. The Hall–Kier alpha value is -1.09. The van der Waals surface area contributed by atoms with E-state index in [4.69, 9.17) is 0 Å². The van der Waals surface area contributed by atoms with Gasteiger partial charge in [0, 0.05) is 4.47 Å². The molecule has 12 heavy (non-hydrogen) atoms. The van der Waals surface area contributed by atoms with Gasteiger partial charge in [0.15, 0.2) is 0 Å². The predicted octanol–water partition coefficient (Wildman–Crippen LogP) is 2.59. The van der Waals surface area contributed by atoms with Crippen molar-refractivity contribution >= 4 is 28.5 Å². The molecule has 2 nitrogen and oxygen atoms in total. The van der Waals surface area contributed by atoms with E-state index in [1.54, 1.807) is 6.08 Å². The number of halogens is 1. The lowest BCUT2D eigenvalue weighted by molar-refractivity contribution is -0.123. The first-order valence-electron chi connectivity index (χ1n) is 3.34. The molecule has 0 heterocycles. The molecule has 0 saturated carbocycles. The van der Waals surface area contributed by atoms with Gasteiger partial charge in [0.05, 0.1) is 6.26 Å². The Morgan fingerprint density at radius 2 is 1.92 bits per heavy atom. The zero-order valence-corrected chi connectivity index (χ0v) is 7.82. The molecule has 0 atom stereocenters. The number of benzene rings is 1. The molecule has 0 bridgehead atoms. The van der Waals surface area contributed by atoms with Crippen molar-refractivity contribution in [1.29, 1.82) is 0 Å². The summed E-state index contributed by atoms with van der Waals surface area (Å²) in [5.74, 6) is 0. The highest BCUT2D eigenvalue weighted by Gasteiger charge is 1.86. The van der Waals surface area contributed by atoms with Crippen LogP contribution in [0.1, 0.15) is 5.56 Å². The minimum atomic E-state index is 0.384. The number of hydrogen-bond acceptors (Lipinski definition) is 2. The lowest BCUT2D eigenvalue weighted by Crippen LogP contribution is -1.74. The minimum absolute atomic E-state index is 0.384. The van der Waals surface area contributed by atoms with Crippen molar-refractivity contribution in [2.24, 2.45) is 0 Å². The average molecular weight is 227 g/mol. The van der Waals surface area contributed by atoms with E-state index < -0.39 is 0 Å². The van der Waals surface area contributed by atoms with Gasteiger partial charge in [0.25, 0.3) is 6.47 Å². The molecule has 0 fully saturated rings. The molecule has 0 spiro atoms. The van der Waals surface area contributed by atoms with Gasteiger partial charge in [0.1, 0.15) is 0 Å². The van der Waals surface area contributed by atoms with Gasteiger partial charge in [-0.2, -0.15) is 0 Å². The van der Waals surface area contributed by atoms with Gasteiger partial charge in [-0.1, -0.05) is 28.1 Å². The predicted molar refractivity (Wildman–Crippen MR) is 50.3 cm³/mol. The molecule has 0 N–H and O–H groups in total. The third-order valence-electron chi connectivity index (χ3n) is 1.26. The number of carbonyl (C=O) groups is 1. The molecule has 3 heteroatoms. The van der Waals surface area contributed by atoms with Crippen LogP contribution < -0.4 is 0 Å². The molecule has 0 aliphatic rings. The normalized spacial score (nSPS) is 10.1. The van der Waals surface area contributed by atoms with Crippen molar-refractivity contribution in [3.8, 4) is 0 Å². The average Bonchev–Trinajstić information content (AvgIpc) is 2.09. The Morgan fingerprint density at radius 1 is 1.25 bits per heavy atom. The van der Waals surface area contributed by atoms with Gasteiger partial charge in [0.2, 0.25) is 0 Å². The fourth-order valence-electron chi connectivity index (χ4n) is 0.724. The molecule has 0 aromatic heterocycles. The van der Waals surface area contributed by atoms with Crippen molar-refractivity contribution in [1.82, 2.24) is 0 Å². The fraction of sp³-hybridized carbons (Fsp3) is 0. The largest absolute Gasteiger partial charge is 0.437 e. The van der Waals surface area contributed by atoms with Crippen molar-refractivity contribution in [3.05, 3.63) is 40.6 Å². The van der Waals surface area contributed by atoms with E-state index in [1.807, 2.05) is 24.3 Å². The second kappa shape index (κ2) is 4.72. The van der Waals surface area contributed by atoms with Crippen LogP contribution in [-0.4, -0.2) is 6.47 Å². The molecule has 0 radical (unpaired) electrons. The highest BCUT2D eigenvalue weighted by atomic mass is 79.9. The number of hydrogen-bond donors (Lipinski definition) is 0. The lowest BCUT2D eigenvalue weighted by Gasteiger charge is -1.92. The summed E-state index contributed by atoms with van der Waals surface area (Å²) in [6.45, 7) is 0.384. The van der Waals surface area contributed by atoms with Gasteiger partial charge in [-0.05, 0) is 23.8 Å². The van der Waals surface area contributed by atoms with Crippen LogP contribution in [0.4, 0.5) is 0 Å². The first-order valence-corrected chi connectivity index (χ1v) is 4.13. The van der Waals surface area contributed by atoms with E-state index in [2.05, 4.69) is 20.7 Å². The van der Waals surface area contributed by atoms with Crippen LogP contribution in [-0.2, 0) is 9.53 Å². The van der Waals surface area contributed by atoms with Crippen molar-refractivity contribution < 1.29 is 9.53 Å². The van der Waals surface area contributed by atoms with E-state index in [-0.39, 0.29) is 0 Å². The van der Waals surface area contributed by atoms with E-state index in [0.29, 0.717) is 6.47 Å². The molecule has 62 valence electrons. The van der Waals surface area contributed by atoms with Crippen LogP contribution in [0.25, 0.3) is 6.08 Å². The molecule has 0 unspecified atom stereocenters. The first-order chi connectivity index (χ1) is 5.83. The Labute approximate surface area is 79.0 Å². The van der Waals surface area contributed by atoms with Gasteiger partial charge >= 0.3 is 0 Å². The van der Waals surface area contributed by atoms with E-state index in [1.165, 1.54) is 6.26 Å². The first kappa shape index (κ1) is 9.00. The summed E-state index contributed by atoms with van der Waals surface area (Å²) in [7, 11) is 0. The van der Waals surface area contributed by atoms with Gasteiger partial charge in [-0.3, -0.25) is 4.79 Å². The van der Waals surface area contributed by atoms with Crippen LogP contribution in [0.15, 0.2) is 35.0 Å². The maximum atomic E-state index is 9.77. The molecule has 1 aromatic rings. The van der Waals surface area contributed by atoms with Crippen LogP contribution in [0.3, 0.4) is 0 Å². The van der Waals surface area contributed by atoms with Gasteiger partial charge in [-0.25, -0.2) is 0 Å². The van der Waals surface area contributed by atoms with E-state index in [9.17, 15) is 4.79 Å². The monoisotopic (exact) mass is 226 g/mol. The number of ether oxygens (including phenoxy) is 1. The van der Waals surface area contributed by atoms with Crippen LogP contribution >= 0.6 is 15.9 Å². The van der Waals surface area contributed by atoms with Crippen molar-refractivity contribution in [2.75, 3.05) is 0 Å². The summed E-state index contributed by atoms with van der Waals surface area (Å²) in [6.07, 6.45) is 3.05. The third kappa shape index (κ3) is 2.88. The Morgan fingerprint density at radius 3 is 2.50 bits per heavy atom. The summed E-state index contributed by atoms with van der Waals surface area (Å²) >= 11 is 3.32. The van der Waals surface area contributed by atoms with Crippen LogP contribution in [0, 0.1) is 0 Å². The van der Waals surface area contributed by atoms with Gasteiger partial charge in [-0.15, -0.1) is 0 Å². The Kier molecular flexibility index (Phi) is 3.54. The SMILES string of the molecule is O=COC=Cc1ccc(Br)cc1. The summed E-state index contributed by atoms with van der Waals surface area (Å²) in [6, 6.07) is 7.66. The number of rotatable bonds is 3. The molecule has 1 aromatic carbocycles. The van der Waals surface area contributed by atoms with Crippen LogP contribution in [0.5, 0.6) is 0 Å². The third-order valence-corrected chi connectivity index (χ3v) is 1.79. The number of carbonyl (C=O) groups excluding carboxylic acids is 1. The second-order valence-electron chi connectivity index (χ2n) is 2.09.